The second kappa shape index (κ2) is 4.63. The van der Waals surface area contributed by atoms with Crippen molar-refractivity contribution in [2.75, 3.05) is 26.3 Å². The van der Waals surface area contributed by atoms with Gasteiger partial charge in [-0.05, 0) is 31.3 Å². The number of hydrogen-bond donors (Lipinski definition) is 1. The molecule has 0 aliphatic carbocycles. The van der Waals surface area contributed by atoms with E-state index in [1.165, 1.54) is 12.8 Å². The first-order chi connectivity index (χ1) is 6.41. The molecule has 0 bridgehead atoms. The van der Waals surface area contributed by atoms with Crippen LogP contribution < -0.4 is 5.32 Å². The molecule has 0 aromatic rings. The third-order valence-corrected chi connectivity index (χ3v) is 2.69. The molecule has 1 rings (SSSR count). The van der Waals surface area contributed by atoms with E-state index in [0.29, 0.717) is 10.8 Å². The molecule has 1 fully saturated rings. The summed E-state index contributed by atoms with van der Waals surface area (Å²) in [6.07, 6.45) is 2.57. The quantitative estimate of drug-likeness (QED) is 0.687. The van der Waals surface area contributed by atoms with E-state index in [9.17, 15) is 0 Å². The lowest BCUT2D eigenvalue weighted by Crippen LogP contribution is -2.40. The lowest BCUT2D eigenvalue weighted by atomic mass is 9.84. The first kappa shape index (κ1) is 12.0. The molecule has 0 unspecified atom stereocenters. The zero-order chi connectivity index (χ0) is 10.7. The SMILES string of the molecule is CC(C)(C)CNCCCC1(C)COC1. The van der Waals surface area contributed by atoms with Crippen molar-refractivity contribution in [3.05, 3.63) is 0 Å². The van der Waals surface area contributed by atoms with Crippen LogP contribution >= 0.6 is 0 Å². The van der Waals surface area contributed by atoms with Gasteiger partial charge in [-0.3, -0.25) is 0 Å². The molecule has 0 spiro atoms. The summed E-state index contributed by atoms with van der Waals surface area (Å²) in [5.74, 6) is 0. The van der Waals surface area contributed by atoms with Gasteiger partial charge in [-0.15, -0.1) is 0 Å². The molecule has 1 aliphatic rings. The third-order valence-electron chi connectivity index (χ3n) is 2.69. The summed E-state index contributed by atoms with van der Waals surface area (Å²) in [5.41, 5.74) is 0.896. The summed E-state index contributed by atoms with van der Waals surface area (Å²) in [4.78, 5) is 0. The van der Waals surface area contributed by atoms with E-state index in [0.717, 1.165) is 26.3 Å². The van der Waals surface area contributed by atoms with Crippen molar-refractivity contribution in [3.63, 3.8) is 0 Å². The maximum atomic E-state index is 5.23. The molecule has 1 aliphatic heterocycles. The molecule has 0 atom stereocenters. The van der Waals surface area contributed by atoms with E-state index in [2.05, 4.69) is 33.0 Å². The Morgan fingerprint density at radius 3 is 2.36 bits per heavy atom. The molecule has 1 saturated heterocycles. The Morgan fingerprint density at radius 2 is 1.93 bits per heavy atom. The Balaban J connectivity index is 1.94. The largest absolute Gasteiger partial charge is 0.380 e. The van der Waals surface area contributed by atoms with Crippen molar-refractivity contribution in [2.24, 2.45) is 10.8 Å². The summed E-state index contributed by atoms with van der Waals surface area (Å²) in [6, 6.07) is 0. The molecule has 0 radical (unpaired) electrons. The monoisotopic (exact) mass is 199 g/mol. The molecule has 0 aromatic heterocycles. The van der Waals surface area contributed by atoms with Crippen LogP contribution in [0.1, 0.15) is 40.5 Å². The molecule has 1 heterocycles. The molecule has 14 heavy (non-hydrogen) atoms. The van der Waals surface area contributed by atoms with Gasteiger partial charge < -0.3 is 10.1 Å². The van der Waals surface area contributed by atoms with E-state index in [1.807, 2.05) is 0 Å². The van der Waals surface area contributed by atoms with Crippen LogP contribution in [-0.2, 0) is 4.74 Å². The molecule has 1 N–H and O–H groups in total. The van der Waals surface area contributed by atoms with Crippen LogP contribution in [0.15, 0.2) is 0 Å². The van der Waals surface area contributed by atoms with Gasteiger partial charge in [0, 0.05) is 5.41 Å². The van der Waals surface area contributed by atoms with Crippen LogP contribution in [0.25, 0.3) is 0 Å². The lowest BCUT2D eigenvalue weighted by Gasteiger charge is -2.38. The highest BCUT2D eigenvalue weighted by Crippen LogP contribution is 2.31. The molecular formula is C12H25NO. The number of nitrogens with one attached hydrogen (secondary N) is 1. The van der Waals surface area contributed by atoms with Gasteiger partial charge in [0.25, 0.3) is 0 Å². The normalized spacial score (nSPS) is 20.6. The fourth-order valence-corrected chi connectivity index (χ4v) is 1.70. The van der Waals surface area contributed by atoms with Crippen LogP contribution in [0, 0.1) is 10.8 Å². The molecule has 0 amide bonds. The smallest absolute Gasteiger partial charge is 0.0542 e. The number of ether oxygens (including phenoxy) is 1. The van der Waals surface area contributed by atoms with Crippen molar-refractivity contribution in [1.82, 2.24) is 5.32 Å². The van der Waals surface area contributed by atoms with Crippen molar-refractivity contribution in [2.45, 2.75) is 40.5 Å². The van der Waals surface area contributed by atoms with E-state index in [1.54, 1.807) is 0 Å². The van der Waals surface area contributed by atoms with Crippen molar-refractivity contribution in [3.8, 4) is 0 Å². The minimum absolute atomic E-state index is 0.406. The van der Waals surface area contributed by atoms with E-state index >= 15 is 0 Å². The van der Waals surface area contributed by atoms with Gasteiger partial charge in [-0.1, -0.05) is 27.7 Å². The molecular weight excluding hydrogens is 174 g/mol. The van der Waals surface area contributed by atoms with Crippen molar-refractivity contribution in [1.29, 1.82) is 0 Å². The highest BCUT2D eigenvalue weighted by atomic mass is 16.5. The van der Waals surface area contributed by atoms with Crippen molar-refractivity contribution < 1.29 is 4.74 Å². The average Bonchev–Trinajstić information content (AvgIpc) is 1.98. The van der Waals surface area contributed by atoms with Gasteiger partial charge in [-0.2, -0.15) is 0 Å². The fourth-order valence-electron chi connectivity index (χ4n) is 1.70. The molecule has 2 heteroatoms. The fraction of sp³-hybridized carbons (Fsp3) is 1.00. The van der Waals surface area contributed by atoms with Gasteiger partial charge in [0.15, 0.2) is 0 Å². The van der Waals surface area contributed by atoms with Crippen LogP contribution in [0.4, 0.5) is 0 Å². The van der Waals surface area contributed by atoms with Gasteiger partial charge >= 0.3 is 0 Å². The summed E-state index contributed by atoms with van der Waals surface area (Å²) in [7, 11) is 0. The summed E-state index contributed by atoms with van der Waals surface area (Å²) < 4.78 is 5.23. The maximum Gasteiger partial charge on any atom is 0.0542 e. The van der Waals surface area contributed by atoms with Gasteiger partial charge in [-0.25, -0.2) is 0 Å². The summed E-state index contributed by atoms with van der Waals surface area (Å²) >= 11 is 0. The summed E-state index contributed by atoms with van der Waals surface area (Å²) in [5, 5.41) is 3.51. The zero-order valence-electron chi connectivity index (χ0n) is 10.2. The second-order valence-electron chi connectivity index (χ2n) is 6.14. The van der Waals surface area contributed by atoms with E-state index < -0.39 is 0 Å². The predicted octanol–water partition coefficient (Wildman–Crippen LogP) is 2.44. The Kier molecular flexibility index (Phi) is 3.96. The molecule has 84 valence electrons. The topological polar surface area (TPSA) is 21.3 Å². The first-order valence-electron chi connectivity index (χ1n) is 5.70. The van der Waals surface area contributed by atoms with Crippen molar-refractivity contribution >= 4 is 0 Å². The van der Waals surface area contributed by atoms with Crippen LogP contribution in [-0.4, -0.2) is 26.3 Å². The zero-order valence-corrected chi connectivity index (χ0v) is 10.2. The van der Waals surface area contributed by atoms with Crippen LogP contribution in [0.5, 0.6) is 0 Å². The second-order valence-corrected chi connectivity index (χ2v) is 6.14. The predicted molar refractivity (Wildman–Crippen MR) is 60.5 cm³/mol. The highest BCUT2D eigenvalue weighted by Gasteiger charge is 2.32. The lowest BCUT2D eigenvalue weighted by molar-refractivity contribution is -0.106. The number of hydrogen-bond acceptors (Lipinski definition) is 2. The number of rotatable bonds is 5. The molecule has 0 saturated carbocycles. The van der Waals surface area contributed by atoms with Crippen LogP contribution in [0.2, 0.25) is 0 Å². The maximum absolute atomic E-state index is 5.23. The Hall–Kier alpha value is -0.0800. The minimum Gasteiger partial charge on any atom is -0.380 e. The first-order valence-corrected chi connectivity index (χ1v) is 5.70. The average molecular weight is 199 g/mol. The summed E-state index contributed by atoms with van der Waals surface area (Å²) in [6.45, 7) is 13.3. The van der Waals surface area contributed by atoms with Crippen LogP contribution in [0.3, 0.4) is 0 Å². The third kappa shape index (κ3) is 4.43. The van der Waals surface area contributed by atoms with E-state index in [-0.39, 0.29) is 0 Å². The van der Waals surface area contributed by atoms with Gasteiger partial charge in [0.1, 0.15) is 0 Å². The van der Waals surface area contributed by atoms with E-state index in [4.69, 9.17) is 4.74 Å². The molecule has 2 nitrogen and oxygen atoms in total. The van der Waals surface area contributed by atoms with Gasteiger partial charge in [0.2, 0.25) is 0 Å². The Labute approximate surface area is 88.4 Å². The minimum atomic E-state index is 0.406. The van der Waals surface area contributed by atoms with Gasteiger partial charge in [0.05, 0.1) is 13.2 Å². The Morgan fingerprint density at radius 1 is 1.29 bits per heavy atom. The Bertz CT molecular complexity index is 168. The molecule has 0 aromatic carbocycles. The standard InChI is InChI=1S/C12H25NO/c1-11(2,3)8-13-7-5-6-12(4)9-14-10-12/h13H,5-10H2,1-4H3. The highest BCUT2D eigenvalue weighted by molar-refractivity contribution is 4.80.